The molecule has 0 radical (unpaired) electrons. The van der Waals surface area contributed by atoms with Crippen molar-refractivity contribution in [3.05, 3.63) is 35.4 Å². The van der Waals surface area contributed by atoms with Gasteiger partial charge in [-0.25, -0.2) is 13.2 Å². The Labute approximate surface area is 111 Å². The van der Waals surface area contributed by atoms with Crippen LogP contribution in [0.1, 0.15) is 15.9 Å². The summed E-state index contributed by atoms with van der Waals surface area (Å²) in [6.45, 7) is 0.306. The first-order valence-corrected chi connectivity index (χ1v) is 7.60. The highest BCUT2D eigenvalue weighted by molar-refractivity contribution is 7.91. The first-order valence-electron chi connectivity index (χ1n) is 5.54. The van der Waals surface area contributed by atoms with Crippen LogP contribution in [-0.2, 0) is 21.1 Å². The molecular formula is C12H15NO5S. The van der Waals surface area contributed by atoms with Crippen molar-refractivity contribution >= 4 is 21.7 Å². The Balaban J connectivity index is 2.41. The zero-order chi connectivity index (χ0) is 14.5. The standard InChI is InChI=1S/C12H15NO5S/c1-19(17,18)8-11(14)13-7-6-9-2-4-10(5-3-9)12(15)16/h2-5H,6-8H2,1H3,(H,13,14)(H,15,16). The van der Waals surface area contributed by atoms with Crippen LogP contribution in [0.15, 0.2) is 24.3 Å². The van der Waals surface area contributed by atoms with Crippen LogP contribution in [0.3, 0.4) is 0 Å². The second-order valence-electron chi connectivity index (χ2n) is 4.17. The van der Waals surface area contributed by atoms with E-state index in [0.717, 1.165) is 11.8 Å². The van der Waals surface area contributed by atoms with Gasteiger partial charge >= 0.3 is 5.97 Å². The average molecular weight is 285 g/mol. The van der Waals surface area contributed by atoms with Crippen LogP contribution >= 0.6 is 0 Å². The molecule has 1 aromatic carbocycles. The van der Waals surface area contributed by atoms with Crippen LogP contribution in [0.2, 0.25) is 0 Å². The average Bonchev–Trinajstić information content (AvgIpc) is 2.27. The van der Waals surface area contributed by atoms with Crippen molar-refractivity contribution in [2.45, 2.75) is 6.42 Å². The van der Waals surface area contributed by atoms with Crippen LogP contribution in [-0.4, -0.2) is 44.0 Å². The minimum absolute atomic E-state index is 0.199. The molecule has 1 aromatic rings. The van der Waals surface area contributed by atoms with Gasteiger partial charge in [-0.2, -0.15) is 0 Å². The molecule has 0 heterocycles. The van der Waals surface area contributed by atoms with Crippen LogP contribution in [0.5, 0.6) is 0 Å². The van der Waals surface area contributed by atoms with Gasteiger partial charge in [0, 0.05) is 12.8 Å². The molecule has 0 unspecified atom stereocenters. The maximum absolute atomic E-state index is 11.2. The van der Waals surface area contributed by atoms with Gasteiger partial charge in [0.15, 0.2) is 9.84 Å². The Hall–Kier alpha value is -1.89. The van der Waals surface area contributed by atoms with E-state index in [-0.39, 0.29) is 5.56 Å². The highest BCUT2D eigenvalue weighted by Crippen LogP contribution is 2.04. The first kappa shape index (κ1) is 15.2. The molecule has 0 aromatic heterocycles. The maximum Gasteiger partial charge on any atom is 0.335 e. The highest BCUT2D eigenvalue weighted by atomic mass is 32.2. The van der Waals surface area contributed by atoms with Gasteiger partial charge in [0.25, 0.3) is 0 Å². The lowest BCUT2D eigenvalue weighted by atomic mass is 10.1. The number of hydrogen-bond donors (Lipinski definition) is 2. The zero-order valence-corrected chi connectivity index (χ0v) is 11.2. The van der Waals surface area contributed by atoms with Crippen LogP contribution < -0.4 is 5.32 Å². The lowest BCUT2D eigenvalue weighted by Crippen LogP contribution is -2.31. The molecule has 19 heavy (non-hydrogen) atoms. The van der Waals surface area contributed by atoms with Crippen molar-refractivity contribution in [1.29, 1.82) is 0 Å². The molecule has 0 atom stereocenters. The van der Waals surface area contributed by atoms with E-state index < -0.39 is 27.5 Å². The van der Waals surface area contributed by atoms with E-state index in [9.17, 15) is 18.0 Å². The normalized spacial score (nSPS) is 11.0. The summed E-state index contributed by atoms with van der Waals surface area (Å²) in [7, 11) is -3.31. The minimum atomic E-state index is -3.31. The number of nitrogens with one attached hydrogen (secondary N) is 1. The summed E-state index contributed by atoms with van der Waals surface area (Å²) in [5.41, 5.74) is 1.06. The molecule has 0 spiro atoms. The molecule has 0 aliphatic heterocycles. The largest absolute Gasteiger partial charge is 0.478 e. The first-order chi connectivity index (χ1) is 8.78. The number of carbonyl (C=O) groups excluding carboxylic acids is 1. The van der Waals surface area contributed by atoms with Gasteiger partial charge in [-0.05, 0) is 24.1 Å². The molecule has 0 saturated carbocycles. The zero-order valence-electron chi connectivity index (χ0n) is 10.4. The van der Waals surface area contributed by atoms with Crippen molar-refractivity contribution in [3.8, 4) is 0 Å². The molecule has 2 N–H and O–H groups in total. The summed E-state index contributed by atoms with van der Waals surface area (Å²) in [5.74, 6) is -2.05. The lowest BCUT2D eigenvalue weighted by molar-refractivity contribution is -0.118. The van der Waals surface area contributed by atoms with Crippen molar-refractivity contribution < 1.29 is 23.1 Å². The fourth-order valence-corrected chi connectivity index (χ4v) is 2.03. The highest BCUT2D eigenvalue weighted by Gasteiger charge is 2.09. The molecule has 104 valence electrons. The van der Waals surface area contributed by atoms with E-state index in [1.165, 1.54) is 12.1 Å². The molecule has 1 amide bonds. The molecule has 1 rings (SSSR count). The Morgan fingerprint density at radius 1 is 1.21 bits per heavy atom. The van der Waals surface area contributed by atoms with E-state index >= 15 is 0 Å². The Morgan fingerprint density at radius 3 is 2.26 bits per heavy atom. The number of carboxylic acid groups (broad SMARTS) is 1. The van der Waals surface area contributed by atoms with E-state index in [4.69, 9.17) is 5.11 Å². The number of carbonyl (C=O) groups is 2. The second kappa shape index (κ2) is 6.33. The molecule has 0 aliphatic rings. The Morgan fingerprint density at radius 2 is 1.79 bits per heavy atom. The maximum atomic E-state index is 11.2. The quantitative estimate of drug-likeness (QED) is 0.771. The van der Waals surface area contributed by atoms with Gasteiger partial charge < -0.3 is 10.4 Å². The second-order valence-corrected chi connectivity index (χ2v) is 6.31. The van der Waals surface area contributed by atoms with Crippen molar-refractivity contribution in [2.24, 2.45) is 0 Å². The van der Waals surface area contributed by atoms with Crippen molar-refractivity contribution in [3.63, 3.8) is 0 Å². The number of carboxylic acids is 1. The summed E-state index contributed by atoms with van der Waals surface area (Å²) in [5, 5.41) is 11.2. The minimum Gasteiger partial charge on any atom is -0.478 e. The SMILES string of the molecule is CS(=O)(=O)CC(=O)NCCc1ccc(C(=O)O)cc1. The molecule has 0 bridgehead atoms. The van der Waals surface area contributed by atoms with Gasteiger partial charge in [-0.15, -0.1) is 0 Å². The Bertz CT molecular complexity index is 562. The van der Waals surface area contributed by atoms with E-state index in [2.05, 4.69) is 5.32 Å². The van der Waals surface area contributed by atoms with Gasteiger partial charge in [0.2, 0.25) is 5.91 Å². The van der Waals surface area contributed by atoms with Crippen molar-refractivity contribution in [1.82, 2.24) is 5.32 Å². The summed E-state index contributed by atoms with van der Waals surface area (Å²) >= 11 is 0. The monoisotopic (exact) mass is 285 g/mol. The number of sulfone groups is 1. The summed E-state index contributed by atoms with van der Waals surface area (Å²) in [4.78, 5) is 21.9. The number of amides is 1. The van der Waals surface area contributed by atoms with Crippen LogP contribution in [0.4, 0.5) is 0 Å². The molecule has 0 fully saturated rings. The molecule has 6 nitrogen and oxygen atoms in total. The molecular weight excluding hydrogens is 270 g/mol. The molecule has 7 heteroatoms. The smallest absolute Gasteiger partial charge is 0.335 e. The summed E-state index contributed by atoms with van der Waals surface area (Å²) in [6.07, 6.45) is 1.51. The summed E-state index contributed by atoms with van der Waals surface area (Å²) in [6, 6.07) is 6.28. The Kier molecular flexibility index (Phi) is 5.05. The molecule has 0 aliphatic carbocycles. The lowest BCUT2D eigenvalue weighted by Gasteiger charge is -2.05. The van der Waals surface area contributed by atoms with Gasteiger partial charge in [-0.3, -0.25) is 4.79 Å². The van der Waals surface area contributed by atoms with E-state index in [1.54, 1.807) is 12.1 Å². The molecule has 0 saturated heterocycles. The van der Waals surface area contributed by atoms with Gasteiger partial charge in [0.05, 0.1) is 5.56 Å². The predicted octanol–water partition coefficient (Wildman–Crippen LogP) is 0.0881. The fraction of sp³-hybridized carbons (Fsp3) is 0.333. The third kappa shape index (κ3) is 6.01. The van der Waals surface area contributed by atoms with Gasteiger partial charge in [0.1, 0.15) is 5.75 Å². The topological polar surface area (TPSA) is 101 Å². The number of benzene rings is 1. The number of rotatable bonds is 6. The van der Waals surface area contributed by atoms with E-state index in [1.807, 2.05) is 0 Å². The number of hydrogen-bond acceptors (Lipinski definition) is 4. The summed E-state index contributed by atoms with van der Waals surface area (Å²) < 4.78 is 21.7. The third-order valence-electron chi connectivity index (χ3n) is 2.33. The third-order valence-corrected chi connectivity index (χ3v) is 3.12. The van der Waals surface area contributed by atoms with Crippen LogP contribution in [0.25, 0.3) is 0 Å². The van der Waals surface area contributed by atoms with Crippen LogP contribution in [0, 0.1) is 0 Å². The number of aromatic carboxylic acids is 1. The predicted molar refractivity (Wildman–Crippen MR) is 69.8 cm³/mol. The van der Waals surface area contributed by atoms with Gasteiger partial charge in [-0.1, -0.05) is 12.1 Å². The fourth-order valence-electron chi connectivity index (χ4n) is 1.45. The van der Waals surface area contributed by atoms with E-state index in [0.29, 0.717) is 13.0 Å². The van der Waals surface area contributed by atoms with Crippen molar-refractivity contribution in [2.75, 3.05) is 18.6 Å².